The molecule has 0 aromatic heterocycles. The molecular weight excluding hydrogens is 1110 g/mol. The van der Waals surface area contributed by atoms with Crippen LogP contribution < -0.4 is 0 Å². The summed E-state index contributed by atoms with van der Waals surface area (Å²) < 4.78 is 77.9. The molecule has 0 saturated heterocycles. The van der Waals surface area contributed by atoms with Gasteiger partial charge in [-0.3, -0.25) is 0 Å². The van der Waals surface area contributed by atoms with Crippen molar-refractivity contribution >= 4 is 40.2 Å². The minimum atomic E-state index is -2.75. The third-order valence-corrected chi connectivity index (χ3v) is 6.40. The van der Waals surface area contributed by atoms with Crippen molar-refractivity contribution in [2.24, 2.45) is 5.41 Å². The van der Waals surface area contributed by atoms with E-state index >= 15 is 0 Å². The molecule has 27 heavy (non-hydrogen) atoms. The summed E-state index contributed by atoms with van der Waals surface area (Å²) in [4.78, 5) is 33.7. The van der Waals surface area contributed by atoms with E-state index in [1.54, 1.807) is 0 Å². The van der Waals surface area contributed by atoms with Crippen molar-refractivity contribution in [2.75, 3.05) is 26.4 Å². The molecule has 0 spiro atoms. The van der Waals surface area contributed by atoms with E-state index in [4.69, 9.17) is 0 Å². The number of halogens is 6. The molecule has 0 aliphatic heterocycles. The Morgan fingerprint density at radius 2 is 0.926 bits per heavy atom. The van der Waals surface area contributed by atoms with Crippen LogP contribution in [0.2, 0.25) is 0 Å². The summed E-state index contributed by atoms with van der Waals surface area (Å²) in [7, 11) is 0. The fourth-order valence-electron chi connectivity index (χ4n) is 1.09. The number of hydrogen-bond acceptors (Lipinski definition) is 7. The Hall–Kier alpha value is -5.44. The van der Waals surface area contributed by atoms with Crippen LogP contribution in [0.15, 0.2) is 0 Å². The van der Waals surface area contributed by atoms with Gasteiger partial charge in [0, 0.05) is 0 Å². The van der Waals surface area contributed by atoms with Gasteiger partial charge in [-0.25, -0.2) is 0 Å². The van der Waals surface area contributed by atoms with Gasteiger partial charge in [0.05, 0.1) is 0 Å². The predicted molar refractivity (Wildman–Crippen MR) is 65.2 cm³/mol. The molecule has 0 unspecified atom stereocenters. The molecule has 0 aromatic carbocycles. The molecule has 0 rings (SSSR count). The van der Waals surface area contributed by atoms with Crippen LogP contribution in [-0.4, -0.2) is 71.7 Å². The molecule has 16 heteroatoms. The first kappa shape index (κ1) is 21.6. The normalized spacial score (nSPS) is 9.89. The average Bonchev–Trinajstić information content (AvgIpc) is 2.52. The number of rotatable bonds is 10. The van der Waals surface area contributed by atoms with E-state index in [1.807, 2.05) is 0 Å². The van der Waals surface area contributed by atoms with Gasteiger partial charge in [0.2, 0.25) is 0 Å². The first-order valence-electron chi connectivity index (χ1n) is 5.90. The molecular formula is C11H9Cf3F6O7. The van der Waals surface area contributed by atoms with Gasteiger partial charge in [0.15, 0.2) is 0 Å². The Balaban J connectivity index is 5.22. The van der Waals surface area contributed by atoms with Crippen molar-refractivity contribution in [3.63, 3.8) is 0 Å². The van der Waals surface area contributed by atoms with Gasteiger partial charge in [-0.05, 0) is 0 Å². The minimum absolute atomic E-state index is 0.861. The molecule has 167 valence electrons. The molecule has 0 heterocycles. The molecule has 7 nitrogen and oxygen atoms in total. The van der Waals surface area contributed by atoms with Crippen molar-refractivity contribution in [3.05, 3.63) is 0 Å². The molecule has 0 fully saturated rings. The SMILES string of the molecule is O=[C](OCC(CO)(CO[C](=O)[Cf]=[C](F)F)CO[C](=O)[Cf]=[C](F)F)[Cf]=[C](F)F. The van der Waals surface area contributed by atoms with Gasteiger partial charge in [0.1, 0.15) is 0 Å². The van der Waals surface area contributed by atoms with Crippen LogP contribution in [0.4, 0.5) is 40.7 Å². The molecule has 0 aliphatic rings. The summed E-state index contributed by atoms with van der Waals surface area (Å²) in [6, 6.07) is 0. The van der Waals surface area contributed by atoms with Crippen molar-refractivity contribution in [1.29, 1.82) is 0 Å². The van der Waals surface area contributed by atoms with Crippen LogP contribution in [0, 0.1) is 5.41 Å². The van der Waals surface area contributed by atoms with Crippen LogP contribution in [0.3, 0.4) is 0 Å². The predicted octanol–water partition coefficient (Wildman–Crippen LogP) is 1.71. The van der Waals surface area contributed by atoms with E-state index in [-0.39, 0.29) is 0 Å². The van der Waals surface area contributed by atoms with Crippen molar-refractivity contribution < 1.29 is 60.0 Å². The Kier molecular flexibility index (Phi) is 7.70. The first-order valence-corrected chi connectivity index (χ1v) is 13.8. The van der Waals surface area contributed by atoms with E-state index in [1.165, 1.54) is 0 Å². The quantitative estimate of drug-likeness (QED) is 0.263. The molecule has 0 amide bonds. The van der Waals surface area contributed by atoms with Gasteiger partial charge in [0.25, 0.3) is 0 Å². The van der Waals surface area contributed by atoms with E-state index in [2.05, 4.69) is 14.2 Å². The fourth-order valence-corrected chi connectivity index (χ4v) is 3.45. The second-order valence-corrected chi connectivity index (χ2v) is 12.2. The monoisotopic (exact) mass is 1110 g/mol. The number of ether oxygens (including phenoxy) is 3. The molecule has 0 saturated carbocycles. The molecule has 0 bridgehead atoms. The zero-order valence-corrected chi connectivity index (χ0v) is 20.3. The van der Waals surface area contributed by atoms with E-state index in [0.29, 0.717) is 0 Å². The molecule has 0 aliphatic carbocycles. The van der Waals surface area contributed by atoms with E-state index in [9.17, 15) is 45.8 Å². The molecule has 0 radical (unpaired) electrons. The van der Waals surface area contributed by atoms with E-state index in [0.717, 1.165) is 0 Å². The Labute approximate surface area is 133 Å². The second-order valence-electron chi connectivity index (χ2n) is 3.97. The first-order chi connectivity index (χ1) is 12.5. The Bertz CT molecular complexity index is 559. The topological polar surface area (TPSA) is 99.1 Å². The fraction of sp³-hybridized carbons (Fsp3) is 0.455. The van der Waals surface area contributed by atoms with Crippen LogP contribution >= 0.6 is 0 Å². The maximum atomic E-state index is 12.1. The zero-order chi connectivity index (χ0) is 21.0. The zero-order valence-electron chi connectivity index (χ0n) is 12.4. The molecule has 0 atom stereocenters. The maximum absolute atomic E-state index is 12.1. The second kappa shape index (κ2) is 9.64. The van der Waals surface area contributed by atoms with Gasteiger partial charge in [-0.15, -0.1) is 0 Å². The van der Waals surface area contributed by atoms with Crippen molar-refractivity contribution in [3.8, 4) is 0 Å². The van der Waals surface area contributed by atoms with E-state index < -0.39 is 72.0 Å². The average molecular weight is 1120 g/mol. The Morgan fingerprint density at radius 1 is 0.667 bits per heavy atom. The van der Waals surface area contributed by atoms with Gasteiger partial charge in [-0.2, -0.15) is 0 Å². The summed E-state index contributed by atoms with van der Waals surface area (Å²) in [5.41, 5.74) is -1.87. The summed E-state index contributed by atoms with van der Waals surface area (Å²) in [6.45, 7) is -13.8. The summed E-state index contributed by atoms with van der Waals surface area (Å²) in [5, 5.41) is 9.46. The van der Waals surface area contributed by atoms with Crippen molar-refractivity contribution in [1.82, 2.24) is 0 Å². The van der Waals surface area contributed by atoms with Gasteiger partial charge >= 0.3 is 132 Å². The number of aliphatic hydroxyl groups excluding tert-OH is 1. The molecule has 0 aromatic rings. The van der Waals surface area contributed by atoms with Crippen molar-refractivity contribution in [2.45, 2.75) is 0 Å². The summed E-state index contributed by atoms with van der Waals surface area (Å²) in [6.07, 6.45) is 0. The number of carbonyl (C=O) groups is 3. The number of hydrogen-bond donors (Lipinski definition) is 1. The third-order valence-electron chi connectivity index (χ3n) is 2.16. The van der Waals surface area contributed by atoms with Crippen LogP contribution in [-0.2, 0) is 14.2 Å². The van der Waals surface area contributed by atoms with Gasteiger partial charge in [-0.1, -0.05) is 0 Å². The standard InChI is InChI=1S/C8H9O7.3CF2.3Cf/c9-1-8(2-13-5-10,3-14-6-11)4-15-7-12;3*2-1-3;;;/h9H,1-4H2;;;;;;. The van der Waals surface area contributed by atoms with Crippen LogP contribution in [0.5, 0.6) is 0 Å². The van der Waals surface area contributed by atoms with Crippen LogP contribution in [0.1, 0.15) is 0 Å². The third kappa shape index (κ3) is 9.32. The number of carbonyl (C=O) groups excluding carboxylic acids is 3. The summed E-state index contributed by atoms with van der Waals surface area (Å²) >= 11 is 0. The molecule has 1 N–H and O–H groups in total. The number of aliphatic hydroxyl groups is 1. The van der Waals surface area contributed by atoms with Crippen LogP contribution in [0.25, 0.3) is 0 Å². The van der Waals surface area contributed by atoms with Gasteiger partial charge < -0.3 is 0 Å². The Morgan fingerprint density at radius 3 is 1.11 bits per heavy atom. The summed E-state index contributed by atoms with van der Waals surface area (Å²) in [5.74, 6) is 0.